The van der Waals surface area contributed by atoms with E-state index in [9.17, 15) is 4.79 Å². The Morgan fingerprint density at radius 3 is 1.93 bits per heavy atom. The summed E-state index contributed by atoms with van der Waals surface area (Å²) >= 11 is 4.48. The highest BCUT2D eigenvalue weighted by molar-refractivity contribution is 7.81. The first-order valence-corrected chi connectivity index (χ1v) is 5.76. The Morgan fingerprint density at radius 1 is 1.33 bits per heavy atom. The van der Waals surface area contributed by atoms with Gasteiger partial charge in [-0.1, -0.05) is 6.92 Å². The first kappa shape index (κ1) is 14.8. The van der Waals surface area contributed by atoms with Gasteiger partial charge in [0, 0.05) is 4.75 Å². The zero-order valence-corrected chi connectivity index (χ0v) is 11.1. The van der Waals surface area contributed by atoms with Gasteiger partial charge in [0.1, 0.15) is 5.60 Å². The number of rotatable bonds is 1. The molecule has 4 heteroatoms. The molecule has 0 saturated carbocycles. The van der Waals surface area contributed by atoms with Crippen LogP contribution in [0, 0.1) is 0 Å². The molecule has 1 fully saturated rings. The van der Waals surface area contributed by atoms with E-state index in [4.69, 9.17) is 0 Å². The Balaban J connectivity index is 0.000000265. The van der Waals surface area contributed by atoms with Crippen LogP contribution in [-0.2, 0) is 9.53 Å². The van der Waals surface area contributed by atoms with Gasteiger partial charge >= 0.3 is 0 Å². The maximum absolute atomic E-state index is 9.60. The molecule has 1 rings (SSSR count). The molecule has 3 nitrogen and oxygen atoms in total. The lowest BCUT2D eigenvalue weighted by Gasteiger charge is -2.28. The minimum atomic E-state index is -0.318. The summed E-state index contributed by atoms with van der Waals surface area (Å²) in [5.41, 5.74) is -0.318. The molecule has 0 amide bonds. The van der Waals surface area contributed by atoms with Crippen molar-refractivity contribution < 1.29 is 9.53 Å². The second-order valence-corrected chi connectivity index (χ2v) is 6.15. The molecule has 0 spiro atoms. The van der Waals surface area contributed by atoms with E-state index in [1.807, 2.05) is 20.8 Å². The Morgan fingerprint density at radius 2 is 1.80 bits per heavy atom. The van der Waals surface area contributed by atoms with Crippen molar-refractivity contribution in [2.75, 3.05) is 13.1 Å². The summed E-state index contributed by atoms with van der Waals surface area (Å²) in [5.74, 6) is 0. The molecule has 0 aliphatic carbocycles. The molecule has 1 saturated heterocycles. The summed E-state index contributed by atoms with van der Waals surface area (Å²) in [4.78, 5) is 9.60. The smallest absolute Gasteiger partial charge is 0.293 e. The quantitative estimate of drug-likeness (QED) is 0.537. The molecule has 0 bridgehead atoms. The van der Waals surface area contributed by atoms with Crippen LogP contribution in [0.3, 0.4) is 0 Å². The van der Waals surface area contributed by atoms with Crippen LogP contribution < -0.4 is 5.32 Å². The molecule has 15 heavy (non-hydrogen) atoms. The minimum Gasteiger partial charge on any atom is -0.462 e. The topological polar surface area (TPSA) is 38.3 Å². The van der Waals surface area contributed by atoms with Gasteiger partial charge in [-0.05, 0) is 46.7 Å². The van der Waals surface area contributed by atoms with E-state index in [1.165, 1.54) is 12.8 Å². The first-order chi connectivity index (χ1) is 6.77. The third kappa shape index (κ3) is 10.1. The number of ether oxygens (including phenoxy) is 1. The van der Waals surface area contributed by atoms with E-state index in [1.54, 1.807) is 0 Å². The molecule has 0 aromatic heterocycles. The fraction of sp³-hybridized carbons (Fsp3) is 0.909. The molecule has 0 radical (unpaired) electrons. The molecule has 90 valence electrons. The lowest BCUT2D eigenvalue weighted by molar-refractivity contribution is -0.138. The number of nitrogens with one attached hydrogen (secondary N) is 1. The molecular weight excluding hydrogens is 210 g/mol. The van der Waals surface area contributed by atoms with Crippen LogP contribution in [0.4, 0.5) is 0 Å². The summed E-state index contributed by atoms with van der Waals surface area (Å²) in [6.07, 6.45) is 2.41. The molecule has 1 N–H and O–H groups in total. The van der Waals surface area contributed by atoms with Crippen LogP contribution in [0.15, 0.2) is 0 Å². The molecular formula is C11H23NO2S. The summed E-state index contributed by atoms with van der Waals surface area (Å²) < 4.78 is 4.86. The zero-order valence-electron chi connectivity index (χ0n) is 10.2. The van der Waals surface area contributed by atoms with Gasteiger partial charge in [-0.25, -0.2) is 0 Å². The number of carbonyl (C=O) groups is 1. The van der Waals surface area contributed by atoms with Crippen LogP contribution in [-0.4, -0.2) is 29.9 Å². The summed E-state index contributed by atoms with van der Waals surface area (Å²) in [6, 6.07) is 0. The normalized spacial score (nSPS) is 19.8. The van der Waals surface area contributed by atoms with E-state index in [-0.39, 0.29) is 5.60 Å². The molecule has 0 unspecified atom stereocenters. The fourth-order valence-corrected chi connectivity index (χ4v) is 1.33. The second-order valence-electron chi connectivity index (χ2n) is 5.07. The molecule has 0 aromatic rings. The van der Waals surface area contributed by atoms with Crippen molar-refractivity contribution in [1.82, 2.24) is 5.32 Å². The number of carbonyl (C=O) groups excluding carboxylic acids is 1. The third-order valence-corrected chi connectivity index (χ3v) is 2.53. The van der Waals surface area contributed by atoms with E-state index in [0.717, 1.165) is 13.1 Å². The summed E-state index contributed by atoms with van der Waals surface area (Å²) in [5, 5.41) is 3.29. The van der Waals surface area contributed by atoms with Gasteiger partial charge in [0.05, 0.1) is 0 Å². The van der Waals surface area contributed by atoms with Crippen molar-refractivity contribution in [3.8, 4) is 0 Å². The van der Waals surface area contributed by atoms with Gasteiger partial charge < -0.3 is 10.1 Å². The highest BCUT2D eigenvalue weighted by atomic mass is 32.1. The number of hydrogen-bond acceptors (Lipinski definition) is 4. The van der Waals surface area contributed by atoms with Crippen molar-refractivity contribution in [1.29, 1.82) is 0 Å². The van der Waals surface area contributed by atoms with E-state index in [0.29, 0.717) is 11.2 Å². The van der Waals surface area contributed by atoms with E-state index in [2.05, 4.69) is 29.6 Å². The van der Waals surface area contributed by atoms with Gasteiger partial charge in [-0.3, -0.25) is 4.79 Å². The monoisotopic (exact) mass is 233 g/mol. The third-order valence-electron chi connectivity index (χ3n) is 2.08. The summed E-state index contributed by atoms with van der Waals surface area (Å²) in [7, 11) is 0. The molecule has 0 atom stereocenters. The number of piperidine rings is 1. The van der Waals surface area contributed by atoms with E-state index >= 15 is 0 Å². The number of hydrogen-bond donors (Lipinski definition) is 2. The van der Waals surface area contributed by atoms with Gasteiger partial charge in [0.25, 0.3) is 6.47 Å². The Kier molecular flexibility index (Phi) is 6.29. The van der Waals surface area contributed by atoms with Gasteiger partial charge in [0.15, 0.2) is 0 Å². The average Bonchev–Trinajstić information content (AvgIpc) is 2.02. The Labute approximate surface area is 98.4 Å². The molecule has 1 aliphatic rings. The van der Waals surface area contributed by atoms with Crippen molar-refractivity contribution >= 4 is 19.1 Å². The maximum Gasteiger partial charge on any atom is 0.293 e. The lowest BCUT2D eigenvalue weighted by Crippen LogP contribution is -2.35. The maximum atomic E-state index is 9.60. The zero-order chi connectivity index (χ0) is 11.9. The largest absolute Gasteiger partial charge is 0.462 e. The standard InChI is InChI=1S/C6H13NS.C5H10O2/c1-6(8)2-4-7-5-3-6;1-5(2,3)7-4-6/h7-8H,2-5H2,1H3;4H,1-3H3. The van der Waals surface area contributed by atoms with Crippen LogP contribution in [0.2, 0.25) is 0 Å². The van der Waals surface area contributed by atoms with Gasteiger partial charge in [-0.2, -0.15) is 12.6 Å². The van der Waals surface area contributed by atoms with Crippen LogP contribution in [0.25, 0.3) is 0 Å². The van der Waals surface area contributed by atoms with Crippen LogP contribution in [0.5, 0.6) is 0 Å². The SMILES string of the molecule is CC(C)(C)OC=O.CC1(S)CCNCC1. The lowest BCUT2D eigenvalue weighted by atomic mass is 10.00. The number of thiol groups is 1. The predicted molar refractivity (Wildman–Crippen MR) is 66.4 cm³/mol. The summed E-state index contributed by atoms with van der Waals surface area (Å²) in [6.45, 7) is 10.4. The molecule has 1 heterocycles. The Bertz CT molecular complexity index is 180. The second kappa shape index (κ2) is 6.38. The van der Waals surface area contributed by atoms with Gasteiger partial charge in [-0.15, -0.1) is 0 Å². The van der Waals surface area contributed by atoms with Gasteiger partial charge in [0.2, 0.25) is 0 Å². The van der Waals surface area contributed by atoms with E-state index < -0.39 is 0 Å². The minimum absolute atomic E-state index is 0.311. The van der Waals surface area contributed by atoms with Crippen LogP contribution in [0.1, 0.15) is 40.5 Å². The van der Waals surface area contributed by atoms with Crippen molar-refractivity contribution in [3.05, 3.63) is 0 Å². The van der Waals surface area contributed by atoms with Crippen LogP contribution >= 0.6 is 12.6 Å². The van der Waals surface area contributed by atoms with Crippen molar-refractivity contribution in [2.45, 2.75) is 50.9 Å². The average molecular weight is 233 g/mol. The van der Waals surface area contributed by atoms with Crippen molar-refractivity contribution in [3.63, 3.8) is 0 Å². The van der Waals surface area contributed by atoms with Crippen molar-refractivity contribution in [2.24, 2.45) is 0 Å². The Hall–Kier alpha value is -0.220. The fourth-order valence-electron chi connectivity index (χ4n) is 1.11. The highest BCUT2D eigenvalue weighted by Crippen LogP contribution is 2.23. The predicted octanol–water partition coefficient (Wildman–Crippen LogP) is 2.02. The first-order valence-electron chi connectivity index (χ1n) is 5.31. The highest BCUT2D eigenvalue weighted by Gasteiger charge is 2.20. The molecule has 1 aliphatic heterocycles. The molecule has 0 aromatic carbocycles.